The quantitative estimate of drug-likeness (QED) is 0.713. The van der Waals surface area contributed by atoms with E-state index in [1.54, 1.807) is 0 Å². The topological polar surface area (TPSA) is 25.4 Å². The number of benzene rings is 1. The Balaban J connectivity index is 1.60. The first-order valence-corrected chi connectivity index (χ1v) is 9.49. The second kappa shape index (κ2) is 8.13. The molecule has 3 nitrogen and oxygen atoms in total. The molecule has 0 bridgehead atoms. The summed E-state index contributed by atoms with van der Waals surface area (Å²) in [6.45, 7) is 6.72. The minimum atomic E-state index is 0.309. The molecule has 1 fully saturated rings. The van der Waals surface area contributed by atoms with Crippen molar-refractivity contribution in [1.82, 2.24) is 9.88 Å². The number of rotatable bonds is 5. The van der Waals surface area contributed by atoms with Crippen LogP contribution in [0.15, 0.2) is 53.3 Å². The molecule has 3 rings (SSSR count). The number of ether oxygens (including phenoxy) is 1. The van der Waals surface area contributed by atoms with Gasteiger partial charge in [-0.2, -0.15) is 0 Å². The first kappa shape index (κ1) is 17.4. The monoisotopic (exact) mass is 388 g/mol. The Hall–Kier alpha value is -1.39. The molecule has 1 aromatic heterocycles. The van der Waals surface area contributed by atoms with Gasteiger partial charge in [0.05, 0.1) is 0 Å². The molecule has 1 saturated heterocycles. The SMILES string of the molecule is CC(C)C(c1cccnc1)N1CCC(Oc2ccc(Br)cc2)CC1. The largest absolute Gasteiger partial charge is 0.490 e. The summed E-state index contributed by atoms with van der Waals surface area (Å²) in [5, 5.41) is 0. The minimum Gasteiger partial charge on any atom is -0.490 e. The summed E-state index contributed by atoms with van der Waals surface area (Å²) >= 11 is 3.46. The second-order valence-corrected chi connectivity index (χ2v) is 7.70. The van der Waals surface area contributed by atoms with Crippen LogP contribution in [0.3, 0.4) is 0 Å². The molecule has 4 heteroatoms. The van der Waals surface area contributed by atoms with Gasteiger partial charge in [-0.3, -0.25) is 9.88 Å². The highest BCUT2D eigenvalue weighted by atomic mass is 79.9. The zero-order valence-corrected chi connectivity index (χ0v) is 15.9. The number of pyridine rings is 1. The van der Waals surface area contributed by atoms with Crippen molar-refractivity contribution >= 4 is 15.9 Å². The smallest absolute Gasteiger partial charge is 0.119 e. The van der Waals surface area contributed by atoms with Crippen LogP contribution in [0.5, 0.6) is 5.75 Å². The number of piperidine rings is 1. The van der Waals surface area contributed by atoms with E-state index in [9.17, 15) is 0 Å². The third-order valence-corrected chi connectivity index (χ3v) is 5.17. The highest BCUT2D eigenvalue weighted by Crippen LogP contribution is 2.31. The Morgan fingerprint density at radius 3 is 2.42 bits per heavy atom. The van der Waals surface area contributed by atoms with E-state index in [2.05, 4.69) is 45.7 Å². The van der Waals surface area contributed by atoms with Gasteiger partial charge in [-0.05, 0) is 54.7 Å². The van der Waals surface area contributed by atoms with Crippen LogP contribution >= 0.6 is 15.9 Å². The van der Waals surface area contributed by atoms with Gasteiger partial charge in [0.2, 0.25) is 0 Å². The number of likely N-dealkylation sites (tertiary alicyclic amines) is 1. The summed E-state index contributed by atoms with van der Waals surface area (Å²) in [7, 11) is 0. The van der Waals surface area contributed by atoms with Crippen molar-refractivity contribution in [2.45, 2.75) is 38.8 Å². The van der Waals surface area contributed by atoms with Crippen LogP contribution in [-0.2, 0) is 0 Å². The van der Waals surface area contributed by atoms with E-state index in [1.807, 2.05) is 42.7 Å². The van der Waals surface area contributed by atoms with Gasteiger partial charge >= 0.3 is 0 Å². The Morgan fingerprint density at radius 2 is 1.83 bits per heavy atom. The predicted octanol–water partition coefficient (Wildman–Crippen LogP) is 5.08. The molecular weight excluding hydrogens is 364 g/mol. The summed E-state index contributed by atoms with van der Waals surface area (Å²) in [5.74, 6) is 1.53. The lowest BCUT2D eigenvalue weighted by molar-refractivity contribution is 0.0601. The average Bonchev–Trinajstić information content (AvgIpc) is 2.59. The fourth-order valence-electron chi connectivity index (χ4n) is 3.55. The molecule has 0 aliphatic carbocycles. The first-order valence-electron chi connectivity index (χ1n) is 8.69. The Kier molecular flexibility index (Phi) is 5.90. The zero-order valence-electron chi connectivity index (χ0n) is 14.4. The third-order valence-electron chi connectivity index (χ3n) is 4.64. The highest BCUT2D eigenvalue weighted by Gasteiger charge is 2.29. The predicted molar refractivity (Wildman–Crippen MR) is 101 cm³/mol. The highest BCUT2D eigenvalue weighted by molar-refractivity contribution is 9.10. The molecule has 0 N–H and O–H groups in total. The van der Waals surface area contributed by atoms with Crippen LogP contribution < -0.4 is 4.74 Å². The maximum absolute atomic E-state index is 6.14. The van der Waals surface area contributed by atoms with Gasteiger partial charge in [-0.1, -0.05) is 35.8 Å². The number of hydrogen-bond donors (Lipinski definition) is 0. The minimum absolute atomic E-state index is 0.309. The average molecular weight is 389 g/mol. The van der Waals surface area contributed by atoms with Crippen LogP contribution in [0.1, 0.15) is 38.3 Å². The van der Waals surface area contributed by atoms with E-state index < -0.39 is 0 Å². The molecule has 0 saturated carbocycles. The van der Waals surface area contributed by atoms with Crippen LogP contribution in [0, 0.1) is 5.92 Å². The molecule has 24 heavy (non-hydrogen) atoms. The van der Waals surface area contributed by atoms with Crippen molar-refractivity contribution in [2.24, 2.45) is 5.92 Å². The third kappa shape index (κ3) is 4.37. The van der Waals surface area contributed by atoms with E-state index in [0.717, 1.165) is 36.2 Å². The van der Waals surface area contributed by atoms with Crippen LogP contribution in [0.4, 0.5) is 0 Å². The summed E-state index contributed by atoms with van der Waals surface area (Å²) in [6, 6.07) is 12.8. The number of hydrogen-bond acceptors (Lipinski definition) is 3. The van der Waals surface area contributed by atoms with E-state index in [1.165, 1.54) is 5.56 Å². The fraction of sp³-hybridized carbons (Fsp3) is 0.450. The van der Waals surface area contributed by atoms with Crippen molar-refractivity contribution in [3.63, 3.8) is 0 Å². The number of aromatic nitrogens is 1. The summed E-state index contributed by atoms with van der Waals surface area (Å²) in [4.78, 5) is 6.89. The van der Waals surface area contributed by atoms with E-state index in [-0.39, 0.29) is 0 Å². The lowest BCUT2D eigenvalue weighted by atomic mass is 9.93. The fourth-order valence-corrected chi connectivity index (χ4v) is 3.81. The zero-order chi connectivity index (χ0) is 16.9. The molecule has 1 aliphatic heterocycles. The molecule has 0 radical (unpaired) electrons. The summed E-state index contributed by atoms with van der Waals surface area (Å²) in [6.07, 6.45) is 6.30. The van der Waals surface area contributed by atoms with Crippen LogP contribution in [0.2, 0.25) is 0 Å². The van der Waals surface area contributed by atoms with Gasteiger partial charge in [-0.25, -0.2) is 0 Å². The number of halogens is 1. The number of nitrogens with zero attached hydrogens (tertiary/aromatic N) is 2. The van der Waals surface area contributed by atoms with Gasteiger partial charge < -0.3 is 4.74 Å². The second-order valence-electron chi connectivity index (χ2n) is 6.78. The summed E-state index contributed by atoms with van der Waals surface area (Å²) < 4.78 is 7.23. The van der Waals surface area contributed by atoms with Gasteiger partial charge in [0.15, 0.2) is 0 Å². The molecule has 1 aliphatic rings. The maximum atomic E-state index is 6.14. The van der Waals surface area contributed by atoms with Crippen LogP contribution in [-0.4, -0.2) is 29.1 Å². The normalized spacial score (nSPS) is 17.8. The molecule has 1 aromatic carbocycles. The van der Waals surface area contributed by atoms with Crippen molar-refractivity contribution in [2.75, 3.05) is 13.1 Å². The lowest BCUT2D eigenvalue weighted by Crippen LogP contribution is -2.42. The molecule has 128 valence electrons. The molecule has 0 spiro atoms. The molecule has 1 unspecified atom stereocenters. The first-order chi connectivity index (χ1) is 11.6. The van der Waals surface area contributed by atoms with Crippen molar-refractivity contribution < 1.29 is 4.74 Å². The van der Waals surface area contributed by atoms with Crippen molar-refractivity contribution in [3.05, 3.63) is 58.8 Å². The molecular formula is C20H25BrN2O. The van der Waals surface area contributed by atoms with E-state index in [0.29, 0.717) is 18.1 Å². The van der Waals surface area contributed by atoms with Gasteiger partial charge in [0.1, 0.15) is 11.9 Å². The van der Waals surface area contributed by atoms with Crippen molar-refractivity contribution in [3.8, 4) is 5.75 Å². The Morgan fingerprint density at radius 1 is 1.12 bits per heavy atom. The molecule has 0 amide bonds. The lowest BCUT2D eigenvalue weighted by Gasteiger charge is -2.39. The molecule has 2 heterocycles. The van der Waals surface area contributed by atoms with Gasteiger partial charge in [0.25, 0.3) is 0 Å². The Bertz CT molecular complexity index is 622. The molecule has 1 atom stereocenters. The maximum Gasteiger partial charge on any atom is 0.119 e. The van der Waals surface area contributed by atoms with Crippen LogP contribution in [0.25, 0.3) is 0 Å². The van der Waals surface area contributed by atoms with Crippen molar-refractivity contribution in [1.29, 1.82) is 0 Å². The summed E-state index contributed by atoms with van der Waals surface area (Å²) in [5.41, 5.74) is 1.32. The van der Waals surface area contributed by atoms with Gasteiger partial charge in [-0.15, -0.1) is 0 Å². The Labute approximate surface area is 153 Å². The standard InChI is InChI=1S/C20H25BrN2O/c1-15(2)20(16-4-3-11-22-14-16)23-12-9-19(10-13-23)24-18-7-5-17(21)6-8-18/h3-8,11,14-15,19-20H,9-10,12-13H2,1-2H3. The van der Waals surface area contributed by atoms with E-state index in [4.69, 9.17) is 4.74 Å². The molecule has 2 aromatic rings. The van der Waals surface area contributed by atoms with Gasteiger partial charge in [0, 0.05) is 36.0 Å². The van der Waals surface area contributed by atoms with E-state index >= 15 is 0 Å².